The standard InChI is InChI=1S/C24H31N3O4/c1-27(14-18-10-8-17(13-25)9-11-18)15-20(28)19(12-16-6-4-3-5-7-16)26-21-22(29)23(30)24(21)31-2/h8-11,16,19-20,26,28H,3-7,12,14-15H2,1-2H3/t19-,20+/m0/s1. The summed E-state index contributed by atoms with van der Waals surface area (Å²) in [6.45, 7) is 1.03. The van der Waals surface area contributed by atoms with E-state index in [0.29, 0.717) is 24.6 Å². The number of methoxy groups -OCH3 is 1. The minimum atomic E-state index is -0.723. The zero-order chi connectivity index (χ0) is 22.4. The number of nitriles is 1. The van der Waals surface area contributed by atoms with Crippen LogP contribution in [0.2, 0.25) is 0 Å². The van der Waals surface area contributed by atoms with Gasteiger partial charge in [0.2, 0.25) is 0 Å². The van der Waals surface area contributed by atoms with Crippen LogP contribution in [0.25, 0.3) is 0 Å². The lowest BCUT2D eigenvalue weighted by Gasteiger charge is -2.33. The molecule has 7 nitrogen and oxygen atoms in total. The largest absolute Gasteiger partial charge is 0.491 e. The van der Waals surface area contributed by atoms with Crippen LogP contribution < -0.4 is 20.9 Å². The number of anilines is 1. The molecule has 0 spiro atoms. The van der Waals surface area contributed by atoms with E-state index < -0.39 is 17.0 Å². The lowest BCUT2D eigenvalue weighted by Crippen LogP contribution is -2.46. The predicted octanol–water partition coefficient (Wildman–Crippen LogP) is 2.41. The first kappa shape index (κ1) is 23.0. The van der Waals surface area contributed by atoms with Crippen molar-refractivity contribution in [2.24, 2.45) is 5.92 Å². The summed E-state index contributed by atoms with van der Waals surface area (Å²) in [6, 6.07) is 9.15. The number of benzene rings is 1. The molecule has 0 saturated heterocycles. The third-order valence-corrected chi connectivity index (χ3v) is 6.21. The van der Waals surface area contributed by atoms with Crippen LogP contribution in [-0.2, 0) is 6.54 Å². The van der Waals surface area contributed by atoms with Gasteiger partial charge in [0.15, 0.2) is 5.75 Å². The highest BCUT2D eigenvalue weighted by atomic mass is 16.5. The van der Waals surface area contributed by atoms with Crippen LogP contribution in [-0.4, -0.2) is 42.9 Å². The van der Waals surface area contributed by atoms with Gasteiger partial charge in [-0.15, -0.1) is 0 Å². The van der Waals surface area contributed by atoms with Crippen LogP contribution in [0, 0.1) is 17.2 Å². The Labute approximate surface area is 183 Å². The number of hydrogen-bond acceptors (Lipinski definition) is 7. The fourth-order valence-electron chi connectivity index (χ4n) is 4.48. The summed E-state index contributed by atoms with van der Waals surface area (Å²) in [5.74, 6) is 0.541. The molecule has 0 radical (unpaired) electrons. The van der Waals surface area contributed by atoms with Gasteiger partial charge in [-0.2, -0.15) is 5.26 Å². The van der Waals surface area contributed by atoms with Crippen LogP contribution in [0.4, 0.5) is 5.69 Å². The van der Waals surface area contributed by atoms with Crippen molar-refractivity contribution in [3.8, 4) is 11.8 Å². The molecule has 2 aromatic carbocycles. The van der Waals surface area contributed by atoms with E-state index in [1.165, 1.54) is 26.4 Å². The first-order valence-corrected chi connectivity index (χ1v) is 10.9. The fraction of sp³-hybridized carbons (Fsp3) is 0.542. The molecule has 1 fully saturated rings. The van der Waals surface area contributed by atoms with E-state index in [4.69, 9.17) is 10.00 Å². The van der Waals surface area contributed by atoms with Crippen molar-refractivity contribution < 1.29 is 9.84 Å². The number of aliphatic hydroxyl groups is 1. The van der Waals surface area contributed by atoms with Gasteiger partial charge in [-0.25, -0.2) is 0 Å². The summed E-state index contributed by atoms with van der Waals surface area (Å²) in [5, 5.41) is 23.1. The molecule has 166 valence electrons. The monoisotopic (exact) mass is 425 g/mol. The molecule has 7 heteroatoms. The highest BCUT2D eigenvalue weighted by Crippen LogP contribution is 2.30. The zero-order valence-corrected chi connectivity index (χ0v) is 18.3. The number of hydrogen-bond donors (Lipinski definition) is 2. The molecule has 0 amide bonds. The third kappa shape index (κ3) is 5.72. The minimum Gasteiger partial charge on any atom is -0.491 e. The summed E-state index contributed by atoms with van der Waals surface area (Å²) in [4.78, 5) is 25.8. The Balaban J connectivity index is 1.67. The van der Waals surface area contributed by atoms with E-state index >= 15 is 0 Å². The van der Waals surface area contributed by atoms with Crippen LogP contribution in [0.5, 0.6) is 5.75 Å². The molecule has 1 aliphatic rings. The van der Waals surface area contributed by atoms with Gasteiger partial charge in [0, 0.05) is 13.1 Å². The van der Waals surface area contributed by atoms with E-state index in [1.807, 2.05) is 24.1 Å². The number of ether oxygens (including phenoxy) is 1. The van der Waals surface area contributed by atoms with Crippen molar-refractivity contribution >= 4 is 5.69 Å². The molecular formula is C24H31N3O4. The molecule has 2 N–H and O–H groups in total. The van der Waals surface area contributed by atoms with Crippen molar-refractivity contribution in [2.75, 3.05) is 26.0 Å². The van der Waals surface area contributed by atoms with E-state index in [1.54, 1.807) is 12.1 Å². The zero-order valence-electron chi connectivity index (χ0n) is 18.3. The van der Waals surface area contributed by atoms with Crippen LogP contribution in [0.1, 0.15) is 49.7 Å². The van der Waals surface area contributed by atoms with Crippen molar-refractivity contribution in [1.82, 2.24) is 4.90 Å². The van der Waals surface area contributed by atoms with Gasteiger partial charge < -0.3 is 15.2 Å². The second-order valence-corrected chi connectivity index (χ2v) is 8.63. The first-order chi connectivity index (χ1) is 14.9. The summed E-state index contributed by atoms with van der Waals surface area (Å²) < 4.78 is 5.06. The van der Waals surface area contributed by atoms with E-state index in [2.05, 4.69) is 11.4 Å². The molecule has 31 heavy (non-hydrogen) atoms. The van der Waals surface area contributed by atoms with Gasteiger partial charge in [-0.1, -0.05) is 44.2 Å². The molecule has 0 aromatic heterocycles. The molecule has 1 saturated carbocycles. The van der Waals surface area contributed by atoms with E-state index in [-0.39, 0.29) is 17.5 Å². The molecular weight excluding hydrogens is 394 g/mol. The maximum Gasteiger partial charge on any atom is 0.271 e. The van der Waals surface area contributed by atoms with Crippen LogP contribution in [0.3, 0.4) is 0 Å². The van der Waals surface area contributed by atoms with Crippen molar-refractivity contribution in [1.29, 1.82) is 5.26 Å². The second kappa shape index (κ2) is 10.6. The minimum absolute atomic E-state index is 0.0526. The molecule has 1 aliphatic carbocycles. The fourth-order valence-corrected chi connectivity index (χ4v) is 4.48. The SMILES string of the molecule is COc1c(N[C@@H](CC2CCCCC2)[C@H](O)CN(C)Cc2ccc(C#N)cc2)c(=O)c1=O. The molecule has 0 unspecified atom stereocenters. The number of rotatable bonds is 10. The predicted molar refractivity (Wildman–Crippen MR) is 120 cm³/mol. The van der Waals surface area contributed by atoms with Crippen LogP contribution in [0.15, 0.2) is 33.9 Å². The third-order valence-electron chi connectivity index (χ3n) is 6.21. The average molecular weight is 426 g/mol. The molecule has 2 atom stereocenters. The number of nitrogens with zero attached hydrogens (tertiary/aromatic N) is 2. The highest BCUT2D eigenvalue weighted by Gasteiger charge is 2.30. The van der Waals surface area contributed by atoms with Gasteiger partial charge in [-0.05, 0) is 37.1 Å². The maximum absolute atomic E-state index is 12.0. The Bertz CT molecular complexity index is 966. The van der Waals surface area contributed by atoms with Crippen molar-refractivity contribution in [2.45, 2.75) is 57.2 Å². The average Bonchev–Trinajstić information content (AvgIpc) is 2.78. The normalized spacial score (nSPS) is 16.7. The van der Waals surface area contributed by atoms with Crippen molar-refractivity contribution in [3.05, 3.63) is 55.8 Å². The molecule has 0 aliphatic heterocycles. The van der Waals surface area contributed by atoms with Crippen LogP contribution >= 0.6 is 0 Å². The number of nitrogens with one attached hydrogen (secondary N) is 1. The van der Waals surface area contributed by atoms with E-state index in [0.717, 1.165) is 24.8 Å². The van der Waals surface area contributed by atoms with Gasteiger partial charge in [0.25, 0.3) is 10.9 Å². The van der Waals surface area contributed by atoms with Gasteiger partial charge in [0.05, 0.1) is 30.9 Å². The Hall–Kier alpha value is -2.69. The van der Waals surface area contributed by atoms with Gasteiger partial charge >= 0.3 is 0 Å². The summed E-state index contributed by atoms with van der Waals surface area (Å²) in [5.41, 5.74) is 0.652. The summed E-state index contributed by atoms with van der Waals surface area (Å²) in [7, 11) is 3.30. The Kier molecular flexibility index (Phi) is 7.83. The summed E-state index contributed by atoms with van der Waals surface area (Å²) >= 11 is 0. The molecule has 3 rings (SSSR count). The maximum atomic E-state index is 12.0. The Morgan fingerprint density at radius 1 is 1.19 bits per heavy atom. The Morgan fingerprint density at radius 3 is 2.48 bits per heavy atom. The van der Waals surface area contributed by atoms with Crippen molar-refractivity contribution in [3.63, 3.8) is 0 Å². The first-order valence-electron chi connectivity index (χ1n) is 10.9. The topological polar surface area (TPSA) is 103 Å². The lowest BCUT2D eigenvalue weighted by atomic mass is 9.83. The smallest absolute Gasteiger partial charge is 0.271 e. The van der Waals surface area contributed by atoms with Gasteiger partial charge in [-0.3, -0.25) is 14.5 Å². The highest BCUT2D eigenvalue weighted by molar-refractivity contribution is 5.62. The molecule has 2 aromatic rings. The summed E-state index contributed by atoms with van der Waals surface area (Å²) in [6.07, 6.45) is 5.89. The number of aliphatic hydroxyl groups excluding tert-OH is 1. The number of likely N-dealkylation sites (N-methyl/N-ethyl adjacent to an activating group) is 1. The lowest BCUT2D eigenvalue weighted by molar-refractivity contribution is 0.0940. The quantitative estimate of drug-likeness (QED) is 0.564. The second-order valence-electron chi connectivity index (χ2n) is 8.63. The Morgan fingerprint density at radius 2 is 1.87 bits per heavy atom. The molecule has 0 heterocycles. The van der Waals surface area contributed by atoms with Gasteiger partial charge in [0.1, 0.15) is 5.69 Å². The van der Waals surface area contributed by atoms with E-state index in [9.17, 15) is 14.7 Å². The molecule has 0 bridgehead atoms.